The third-order valence-corrected chi connectivity index (χ3v) is 6.34. The Labute approximate surface area is 222 Å². The fourth-order valence-corrected chi connectivity index (χ4v) is 4.09. The number of ether oxygens (including phenoxy) is 3. The van der Waals surface area contributed by atoms with E-state index in [0.29, 0.717) is 18.2 Å². The molecule has 0 atom stereocenters. The van der Waals surface area contributed by atoms with Crippen molar-refractivity contribution in [1.82, 2.24) is 19.9 Å². The summed E-state index contributed by atoms with van der Waals surface area (Å²) in [6, 6.07) is 6.00. The summed E-state index contributed by atoms with van der Waals surface area (Å²) in [5.41, 5.74) is 2.18. The first-order valence-electron chi connectivity index (χ1n) is 12.7. The average Bonchev–Trinajstić information content (AvgIpc) is 3.57. The predicted octanol–water partition coefficient (Wildman–Crippen LogP) is 4.64. The van der Waals surface area contributed by atoms with Crippen molar-refractivity contribution < 1.29 is 23.4 Å². The van der Waals surface area contributed by atoms with E-state index in [4.69, 9.17) is 18.6 Å². The molecule has 0 aliphatic carbocycles. The lowest BCUT2D eigenvalue weighted by atomic mass is 9.86. The summed E-state index contributed by atoms with van der Waals surface area (Å²) in [6.07, 6.45) is 3.64. The SMILES string of the molecule is COc1nc(NCCN2CCCC2)nc(OC)c1NC(=O)c1coc(Oc2cc(C(C)(C)C)ccc2C)n1. The molecule has 0 radical (unpaired) electrons. The number of anilines is 2. The van der Waals surface area contributed by atoms with Crippen LogP contribution in [0.25, 0.3) is 0 Å². The van der Waals surface area contributed by atoms with Crippen molar-refractivity contribution in [2.75, 3.05) is 51.0 Å². The summed E-state index contributed by atoms with van der Waals surface area (Å²) in [6.45, 7) is 12.1. The molecular formula is C27H36N6O5. The maximum absolute atomic E-state index is 13.0. The lowest BCUT2D eigenvalue weighted by molar-refractivity contribution is 0.102. The first-order chi connectivity index (χ1) is 18.2. The number of hydrogen-bond acceptors (Lipinski definition) is 10. The highest BCUT2D eigenvalue weighted by atomic mass is 16.6. The second kappa shape index (κ2) is 11.7. The topological polar surface area (TPSA) is 124 Å². The van der Waals surface area contributed by atoms with E-state index in [1.807, 2.05) is 19.1 Å². The molecular weight excluding hydrogens is 488 g/mol. The number of oxazole rings is 1. The number of aryl methyl sites for hydroxylation is 1. The molecule has 1 saturated heterocycles. The third kappa shape index (κ3) is 6.52. The largest absolute Gasteiger partial charge is 0.479 e. The molecule has 0 unspecified atom stereocenters. The summed E-state index contributed by atoms with van der Waals surface area (Å²) >= 11 is 0. The zero-order chi connectivity index (χ0) is 27.3. The molecule has 0 spiro atoms. The molecule has 2 N–H and O–H groups in total. The lowest BCUT2D eigenvalue weighted by Crippen LogP contribution is -2.26. The van der Waals surface area contributed by atoms with Gasteiger partial charge in [-0.2, -0.15) is 15.0 Å². The minimum Gasteiger partial charge on any atom is -0.479 e. The molecule has 38 heavy (non-hydrogen) atoms. The van der Waals surface area contributed by atoms with E-state index in [2.05, 4.69) is 57.3 Å². The molecule has 0 saturated carbocycles. The summed E-state index contributed by atoms with van der Waals surface area (Å²) in [7, 11) is 2.92. The van der Waals surface area contributed by atoms with Crippen LogP contribution in [0, 0.1) is 6.92 Å². The Morgan fingerprint density at radius 1 is 1.08 bits per heavy atom. The lowest BCUT2D eigenvalue weighted by Gasteiger charge is -2.20. The maximum atomic E-state index is 13.0. The fraction of sp³-hybridized carbons (Fsp3) is 0.481. The number of methoxy groups -OCH3 is 2. The highest BCUT2D eigenvalue weighted by Crippen LogP contribution is 2.34. The molecule has 1 aliphatic rings. The molecule has 11 nitrogen and oxygen atoms in total. The van der Waals surface area contributed by atoms with Gasteiger partial charge in [0.1, 0.15) is 12.0 Å². The van der Waals surface area contributed by atoms with Crippen LogP contribution in [0.5, 0.6) is 23.6 Å². The molecule has 11 heteroatoms. The van der Waals surface area contributed by atoms with Gasteiger partial charge in [0, 0.05) is 13.1 Å². The zero-order valence-electron chi connectivity index (χ0n) is 22.9. The number of carbonyl (C=O) groups excluding carboxylic acids is 1. The van der Waals surface area contributed by atoms with Crippen molar-refractivity contribution in [2.24, 2.45) is 0 Å². The number of likely N-dealkylation sites (tertiary alicyclic amines) is 1. The van der Waals surface area contributed by atoms with Crippen LogP contribution in [0.3, 0.4) is 0 Å². The molecule has 1 aliphatic heterocycles. The molecule has 204 valence electrons. The molecule has 1 aromatic carbocycles. The van der Waals surface area contributed by atoms with Crippen LogP contribution in [0.4, 0.5) is 11.6 Å². The van der Waals surface area contributed by atoms with Gasteiger partial charge in [-0.25, -0.2) is 0 Å². The van der Waals surface area contributed by atoms with Crippen molar-refractivity contribution in [3.8, 4) is 23.6 Å². The smallest absolute Gasteiger partial charge is 0.399 e. The predicted molar refractivity (Wildman–Crippen MR) is 144 cm³/mol. The number of carbonyl (C=O) groups is 1. The van der Waals surface area contributed by atoms with Gasteiger partial charge in [-0.15, -0.1) is 0 Å². The highest BCUT2D eigenvalue weighted by molar-refractivity contribution is 6.04. The molecule has 1 amide bonds. The molecule has 4 rings (SSSR count). The fourth-order valence-electron chi connectivity index (χ4n) is 4.09. The second-order valence-corrected chi connectivity index (χ2v) is 10.2. The van der Waals surface area contributed by atoms with Gasteiger partial charge in [-0.1, -0.05) is 32.9 Å². The summed E-state index contributed by atoms with van der Waals surface area (Å²) < 4.78 is 22.1. The van der Waals surface area contributed by atoms with Crippen LogP contribution in [0.2, 0.25) is 0 Å². The Morgan fingerprint density at radius 2 is 1.76 bits per heavy atom. The van der Waals surface area contributed by atoms with Gasteiger partial charge in [-0.3, -0.25) is 4.79 Å². The van der Waals surface area contributed by atoms with Crippen molar-refractivity contribution in [2.45, 2.75) is 46.0 Å². The van der Waals surface area contributed by atoms with Crippen LogP contribution in [0.1, 0.15) is 55.2 Å². The van der Waals surface area contributed by atoms with Gasteiger partial charge in [0.15, 0.2) is 11.4 Å². The standard InChI is InChI=1S/C27H36N6O5/c1-17-9-10-18(27(2,3)4)15-20(17)38-26-29-19(16-37-26)22(34)30-21-23(35-5)31-25(32-24(21)36-6)28-11-14-33-12-7-8-13-33/h9-10,15-16H,7-8,11-14H2,1-6H3,(H,30,34)(H,28,31,32). The van der Waals surface area contributed by atoms with Crippen LogP contribution >= 0.6 is 0 Å². The Bertz CT molecular complexity index is 1240. The van der Waals surface area contributed by atoms with Crippen LogP contribution < -0.4 is 24.8 Å². The van der Waals surface area contributed by atoms with E-state index in [9.17, 15) is 4.79 Å². The van der Waals surface area contributed by atoms with E-state index in [1.54, 1.807) is 0 Å². The Kier molecular flexibility index (Phi) is 8.35. The van der Waals surface area contributed by atoms with E-state index in [-0.39, 0.29) is 34.6 Å². The molecule has 2 aromatic heterocycles. The summed E-state index contributed by atoms with van der Waals surface area (Å²) in [5, 5.41) is 5.91. The van der Waals surface area contributed by atoms with E-state index in [0.717, 1.165) is 30.8 Å². The van der Waals surface area contributed by atoms with E-state index < -0.39 is 5.91 Å². The average molecular weight is 525 g/mol. The third-order valence-electron chi connectivity index (χ3n) is 6.34. The van der Waals surface area contributed by atoms with Crippen molar-refractivity contribution >= 4 is 17.5 Å². The highest BCUT2D eigenvalue weighted by Gasteiger charge is 2.23. The van der Waals surface area contributed by atoms with Crippen molar-refractivity contribution in [1.29, 1.82) is 0 Å². The Balaban J connectivity index is 1.45. The first-order valence-corrected chi connectivity index (χ1v) is 12.7. The van der Waals surface area contributed by atoms with E-state index in [1.165, 1.54) is 33.3 Å². The van der Waals surface area contributed by atoms with Crippen LogP contribution in [-0.2, 0) is 5.41 Å². The van der Waals surface area contributed by atoms with E-state index >= 15 is 0 Å². The number of hydrogen-bond donors (Lipinski definition) is 2. The van der Waals surface area contributed by atoms with Gasteiger partial charge >= 0.3 is 6.08 Å². The minimum atomic E-state index is -0.557. The number of amides is 1. The van der Waals surface area contributed by atoms with Crippen LogP contribution in [-0.4, -0.2) is 66.2 Å². The van der Waals surface area contributed by atoms with Gasteiger partial charge < -0.3 is 34.2 Å². The van der Waals surface area contributed by atoms with Crippen molar-refractivity contribution in [3.63, 3.8) is 0 Å². The Morgan fingerprint density at radius 3 is 2.39 bits per heavy atom. The minimum absolute atomic E-state index is 0.0153. The molecule has 3 heterocycles. The first kappa shape index (κ1) is 27.2. The number of rotatable bonds is 10. The summed E-state index contributed by atoms with van der Waals surface area (Å²) in [5.74, 6) is 0.710. The number of nitrogens with one attached hydrogen (secondary N) is 2. The van der Waals surface area contributed by atoms with Crippen LogP contribution in [0.15, 0.2) is 28.9 Å². The monoisotopic (exact) mass is 524 g/mol. The molecule has 0 bridgehead atoms. The number of benzene rings is 1. The quantitative estimate of drug-likeness (QED) is 0.388. The summed E-state index contributed by atoms with van der Waals surface area (Å²) in [4.78, 5) is 28.3. The Hall–Kier alpha value is -3.86. The van der Waals surface area contributed by atoms with Crippen molar-refractivity contribution in [3.05, 3.63) is 41.3 Å². The molecule has 1 fully saturated rings. The zero-order valence-corrected chi connectivity index (χ0v) is 22.9. The maximum Gasteiger partial charge on any atom is 0.399 e. The van der Waals surface area contributed by atoms with Gasteiger partial charge in [-0.05, 0) is 55.5 Å². The second-order valence-electron chi connectivity index (χ2n) is 10.2. The number of nitrogens with zero attached hydrogens (tertiary/aromatic N) is 4. The number of aromatic nitrogens is 3. The van der Waals surface area contributed by atoms with Gasteiger partial charge in [0.05, 0.1) is 14.2 Å². The normalized spacial score (nSPS) is 13.8. The van der Waals surface area contributed by atoms with Gasteiger partial charge in [0.25, 0.3) is 5.91 Å². The molecule has 3 aromatic rings. The van der Waals surface area contributed by atoms with Gasteiger partial charge in [0.2, 0.25) is 17.7 Å².